The average Bonchev–Trinajstić information content (AvgIpc) is 2.15. The molecule has 0 saturated heterocycles. The van der Waals surface area contributed by atoms with Gasteiger partial charge in [0.05, 0.1) is 5.56 Å². The maximum atomic E-state index is 12.5. The summed E-state index contributed by atoms with van der Waals surface area (Å²) < 4.78 is 41.7. The minimum absolute atomic E-state index is 0.502. The van der Waals surface area contributed by atoms with Crippen LogP contribution < -0.4 is 0 Å². The van der Waals surface area contributed by atoms with Gasteiger partial charge in [-0.05, 0) is 12.1 Å². The third-order valence-corrected chi connectivity index (χ3v) is 1.76. The topological polar surface area (TPSA) is 50.1 Å². The van der Waals surface area contributed by atoms with Gasteiger partial charge in [-0.2, -0.15) is 13.2 Å². The van der Waals surface area contributed by atoms with Crippen LogP contribution >= 0.6 is 12.6 Å². The largest absolute Gasteiger partial charge is 0.417 e. The molecule has 1 aromatic carbocycles. The number of benzene rings is 1. The van der Waals surface area contributed by atoms with Crippen LogP contribution in [0.5, 0.6) is 0 Å². The number of carbonyl (C=O) groups excluding carboxylic acids is 1. The van der Waals surface area contributed by atoms with Crippen LogP contribution in [-0.4, -0.2) is 11.2 Å². The van der Waals surface area contributed by atoms with Crippen molar-refractivity contribution in [1.82, 2.24) is 0 Å². The van der Waals surface area contributed by atoms with E-state index in [1.165, 1.54) is 12.1 Å². The van der Waals surface area contributed by atoms with Crippen LogP contribution in [0.2, 0.25) is 0 Å². The van der Waals surface area contributed by atoms with Crippen LogP contribution in [-0.2, 0) is 10.9 Å². The van der Waals surface area contributed by atoms with Gasteiger partial charge < -0.3 is 4.74 Å². The molecule has 7 heteroatoms. The second kappa shape index (κ2) is 4.56. The van der Waals surface area contributed by atoms with Crippen molar-refractivity contribution in [2.75, 3.05) is 0 Å². The SMILES string of the molecule is N=C(OC(=O)S)c1ccccc1C(F)(F)F. The number of ether oxygens (including phenoxy) is 1. The van der Waals surface area contributed by atoms with E-state index in [1.807, 2.05) is 0 Å². The van der Waals surface area contributed by atoms with Gasteiger partial charge in [0.1, 0.15) is 0 Å². The Morgan fingerprint density at radius 3 is 2.38 bits per heavy atom. The normalized spacial score (nSPS) is 11.0. The van der Waals surface area contributed by atoms with E-state index in [-0.39, 0.29) is 0 Å². The second-order valence-electron chi connectivity index (χ2n) is 2.74. The summed E-state index contributed by atoms with van der Waals surface area (Å²) in [5.41, 5.74) is -1.54. The monoisotopic (exact) mass is 249 g/mol. The molecule has 0 heterocycles. The van der Waals surface area contributed by atoms with Crippen molar-refractivity contribution >= 4 is 23.8 Å². The Morgan fingerprint density at radius 1 is 1.31 bits per heavy atom. The lowest BCUT2D eigenvalue weighted by Crippen LogP contribution is -2.15. The van der Waals surface area contributed by atoms with Crippen LogP contribution in [0, 0.1) is 5.41 Å². The highest BCUT2D eigenvalue weighted by Crippen LogP contribution is 2.32. The number of hydrogen-bond donors (Lipinski definition) is 2. The Bertz CT molecular complexity index is 431. The summed E-state index contributed by atoms with van der Waals surface area (Å²) in [6.45, 7) is 0. The molecule has 0 saturated carbocycles. The number of halogens is 3. The number of rotatable bonds is 1. The van der Waals surface area contributed by atoms with Crippen LogP contribution in [0.15, 0.2) is 24.3 Å². The molecule has 0 amide bonds. The molecule has 0 bridgehead atoms. The summed E-state index contributed by atoms with van der Waals surface area (Å²) in [4.78, 5) is 10.4. The van der Waals surface area contributed by atoms with E-state index >= 15 is 0 Å². The highest BCUT2D eigenvalue weighted by atomic mass is 32.1. The van der Waals surface area contributed by atoms with Crippen molar-refractivity contribution in [2.45, 2.75) is 6.18 Å². The third-order valence-electron chi connectivity index (χ3n) is 1.67. The maximum Gasteiger partial charge on any atom is 0.417 e. The molecule has 0 aliphatic carbocycles. The van der Waals surface area contributed by atoms with E-state index < -0.39 is 28.5 Å². The Kier molecular flexibility index (Phi) is 3.58. The standard InChI is InChI=1S/C9H6F3NO2S/c10-9(11,12)6-4-2-1-3-5(6)7(13)15-8(14)16/h1-4,13H,(H,14,16). The molecular weight excluding hydrogens is 243 g/mol. The zero-order valence-corrected chi connectivity index (χ0v) is 8.60. The summed E-state index contributed by atoms with van der Waals surface area (Å²) in [6, 6.07) is 4.34. The Labute approximate surface area is 94.1 Å². The molecule has 0 aromatic heterocycles. The minimum Gasteiger partial charge on any atom is -0.399 e. The minimum atomic E-state index is -4.61. The van der Waals surface area contributed by atoms with E-state index in [9.17, 15) is 18.0 Å². The van der Waals surface area contributed by atoms with E-state index in [4.69, 9.17) is 5.41 Å². The summed E-state index contributed by atoms with van der Waals surface area (Å²) in [7, 11) is 0. The second-order valence-corrected chi connectivity index (χ2v) is 3.11. The zero-order valence-electron chi connectivity index (χ0n) is 7.71. The smallest absolute Gasteiger partial charge is 0.399 e. The van der Waals surface area contributed by atoms with E-state index in [0.29, 0.717) is 0 Å². The van der Waals surface area contributed by atoms with Gasteiger partial charge >= 0.3 is 11.5 Å². The van der Waals surface area contributed by atoms with Gasteiger partial charge in [0.15, 0.2) is 0 Å². The van der Waals surface area contributed by atoms with Gasteiger partial charge in [0.25, 0.3) is 0 Å². The van der Waals surface area contributed by atoms with Crippen molar-refractivity contribution in [2.24, 2.45) is 0 Å². The predicted octanol–water partition coefficient (Wildman–Crippen LogP) is 3.10. The van der Waals surface area contributed by atoms with Crippen molar-refractivity contribution in [3.8, 4) is 0 Å². The fraction of sp³-hybridized carbons (Fsp3) is 0.111. The first-order valence-electron chi connectivity index (χ1n) is 3.98. The molecule has 0 aliphatic rings. The van der Waals surface area contributed by atoms with Crippen LogP contribution in [0.3, 0.4) is 0 Å². The fourth-order valence-corrected chi connectivity index (χ4v) is 1.16. The van der Waals surface area contributed by atoms with Crippen LogP contribution in [0.25, 0.3) is 0 Å². The number of hydrogen-bond acceptors (Lipinski definition) is 3. The average molecular weight is 249 g/mol. The molecule has 0 atom stereocenters. The fourth-order valence-electron chi connectivity index (χ4n) is 1.07. The molecule has 16 heavy (non-hydrogen) atoms. The highest BCUT2D eigenvalue weighted by Gasteiger charge is 2.34. The molecule has 86 valence electrons. The number of alkyl halides is 3. The molecule has 1 N–H and O–H groups in total. The summed E-state index contributed by atoms with van der Waals surface area (Å²) >= 11 is 3.21. The van der Waals surface area contributed by atoms with Gasteiger partial charge in [0.2, 0.25) is 5.90 Å². The van der Waals surface area contributed by atoms with Crippen molar-refractivity contribution in [3.63, 3.8) is 0 Å². The maximum absolute atomic E-state index is 12.5. The number of thiol groups is 1. The third kappa shape index (κ3) is 2.99. The molecule has 0 unspecified atom stereocenters. The molecule has 0 aliphatic heterocycles. The Morgan fingerprint density at radius 2 is 1.88 bits per heavy atom. The van der Waals surface area contributed by atoms with Gasteiger partial charge in [-0.15, -0.1) is 0 Å². The quantitative estimate of drug-likeness (QED) is 0.348. The van der Waals surface area contributed by atoms with E-state index in [0.717, 1.165) is 12.1 Å². The van der Waals surface area contributed by atoms with E-state index in [1.54, 1.807) is 0 Å². The first kappa shape index (κ1) is 12.6. The van der Waals surface area contributed by atoms with Crippen molar-refractivity contribution < 1.29 is 22.7 Å². The predicted molar refractivity (Wildman–Crippen MR) is 53.7 cm³/mol. The lowest BCUT2D eigenvalue weighted by atomic mass is 10.1. The Hall–Kier alpha value is -1.50. The molecule has 3 nitrogen and oxygen atoms in total. The number of nitrogens with one attached hydrogen (secondary N) is 1. The summed E-state index contributed by atoms with van der Waals surface area (Å²) in [5, 5.41) is 6.05. The molecule has 0 spiro atoms. The highest BCUT2D eigenvalue weighted by molar-refractivity contribution is 7.96. The lowest BCUT2D eigenvalue weighted by Gasteiger charge is -2.12. The number of carbonyl (C=O) groups is 1. The molecule has 0 fully saturated rings. The Balaban J connectivity index is 3.14. The van der Waals surface area contributed by atoms with Crippen molar-refractivity contribution in [3.05, 3.63) is 35.4 Å². The summed E-state index contributed by atoms with van der Waals surface area (Å²) in [5.74, 6) is -0.882. The van der Waals surface area contributed by atoms with Gasteiger partial charge in [-0.1, -0.05) is 24.8 Å². The van der Waals surface area contributed by atoms with Crippen molar-refractivity contribution in [1.29, 1.82) is 5.41 Å². The molecule has 0 radical (unpaired) electrons. The van der Waals surface area contributed by atoms with Crippen LogP contribution in [0.1, 0.15) is 11.1 Å². The first-order chi connectivity index (χ1) is 7.32. The zero-order chi connectivity index (χ0) is 12.3. The van der Waals surface area contributed by atoms with E-state index in [2.05, 4.69) is 17.4 Å². The summed E-state index contributed by atoms with van der Waals surface area (Å²) in [6.07, 6.45) is -4.61. The molecular formula is C9H6F3NO2S. The first-order valence-corrected chi connectivity index (χ1v) is 4.43. The lowest BCUT2D eigenvalue weighted by molar-refractivity contribution is -0.137. The molecule has 1 aromatic rings. The van der Waals surface area contributed by atoms with Crippen LogP contribution in [0.4, 0.5) is 18.0 Å². The molecule has 1 rings (SSSR count). The van der Waals surface area contributed by atoms with Gasteiger partial charge in [-0.3, -0.25) is 5.41 Å². The van der Waals surface area contributed by atoms with Gasteiger partial charge in [-0.25, -0.2) is 4.79 Å². The van der Waals surface area contributed by atoms with Gasteiger partial charge in [0, 0.05) is 5.56 Å².